The maximum atomic E-state index is 13.4. The Morgan fingerprint density at radius 1 is 0.625 bits per heavy atom. The number of rotatable bonds is 14. The molecule has 0 N–H and O–H groups in total. The molecular weight excluding hydrogens is 749 g/mol. The quantitative estimate of drug-likeness (QED) is 0.0807. The first kappa shape index (κ1) is 38.9. The Labute approximate surface area is 309 Å². The lowest BCUT2D eigenvalue weighted by atomic mass is 9.81. The first-order valence-electron chi connectivity index (χ1n) is 15.7. The largest absolute Gasteiger partial charge is 0.461 e. The number of carbonyl (C=O) groups is 4. The lowest BCUT2D eigenvalue weighted by Gasteiger charge is -2.29. The topological polar surface area (TPSA) is 105 Å². The summed E-state index contributed by atoms with van der Waals surface area (Å²) >= 11 is 37.7. The Morgan fingerprint density at radius 3 is 1.25 bits per heavy atom. The van der Waals surface area contributed by atoms with Crippen molar-refractivity contribution in [2.45, 2.75) is 79.1 Å². The van der Waals surface area contributed by atoms with E-state index < -0.39 is 46.5 Å². The average Bonchev–Trinajstić information content (AvgIpc) is 3.93. The molecule has 0 aromatic heterocycles. The van der Waals surface area contributed by atoms with Crippen LogP contribution < -0.4 is 9.47 Å². The number of ether oxygens (including phenoxy) is 4. The molecule has 0 amide bonds. The summed E-state index contributed by atoms with van der Waals surface area (Å²) in [5.41, 5.74) is -1.42. The summed E-state index contributed by atoms with van der Waals surface area (Å²) in [5.74, 6) is -5.51. The SMILES string of the molecule is CCCC(C)(COC(=O)c1c(Cl)c(Cl)cc(Cl)c1OC(=O)C(=O)Oc1c(Cl)cc(Cl)c(Cl)c1C(=O)OCC(C)(CCC)C1CC1)C1CC1. The van der Waals surface area contributed by atoms with Crippen molar-refractivity contribution in [1.82, 2.24) is 0 Å². The Hall–Kier alpha value is -1.94. The minimum atomic E-state index is -1.64. The molecule has 0 bridgehead atoms. The average molecular weight is 785 g/mol. The van der Waals surface area contributed by atoms with Gasteiger partial charge in [-0.1, -0.05) is 110 Å². The van der Waals surface area contributed by atoms with Gasteiger partial charge in [0, 0.05) is 10.8 Å². The van der Waals surface area contributed by atoms with Crippen molar-refractivity contribution in [1.29, 1.82) is 0 Å². The molecule has 2 aromatic carbocycles. The third-order valence-corrected chi connectivity index (χ3v) is 11.2. The second-order valence-electron chi connectivity index (χ2n) is 13.0. The molecular formula is C34H36Cl6O8. The maximum absolute atomic E-state index is 13.4. The van der Waals surface area contributed by atoms with Crippen LogP contribution in [0, 0.1) is 22.7 Å². The summed E-state index contributed by atoms with van der Waals surface area (Å²) in [7, 11) is 0. The molecule has 2 fully saturated rings. The molecule has 2 atom stereocenters. The number of halogens is 6. The molecule has 2 unspecified atom stereocenters. The van der Waals surface area contributed by atoms with E-state index in [2.05, 4.69) is 0 Å². The molecule has 0 aliphatic heterocycles. The lowest BCUT2D eigenvalue weighted by molar-refractivity contribution is -0.156. The highest BCUT2D eigenvalue weighted by molar-refractivity contribution is 6.47. The van der Waals surface area contributed by atoms with Crippen LogP contribution in [0.4, 0.5) is 0 Å². The molecule has 2 aromatic rings. The van der Waals surface area contributed by atoms with Crippen LogP contribution in [0.2, 0.25) is 30.1 Å². The highest BCUT2D eigenvalue weighted by Gasteiger charge is 2.43. The Kier molecular flexibility index (Phi) is 12.9. The Balaban J connectivity index is 1.56. The van der Waals surface area contributed by atoms with E-state index in [-0.39, 0.29) is 54.2 Å². The summed E-state index contributed by atoms with van der Waals surface area (Å²) in [6.45, 7) is 8.32. The van der Waals surface area contributed by atoms with Gasteiger partial charge < -0.3 is 18.9 Å². The summed E-state index contributed by atoms with van der Waals surface area (Å²) in [6, 6.07) is 2.28. The summed E-state index contributed by atoms with van der Waals surface area (Å²) in [5, 5.41) is -1.44. The van der Waals surface area contributed by atoms with Crippen molar-refractivity contribution in [3.63, 3.8) is 0 Å². The molecule has 0 heterocycles. The van der Waals surface area contributed by atoms with Crippen molar-refractivity contribution >= 4 is 93.5 Å². The van der Waals surface area contributed by atoms with Gasteiger partial charge >= 0.3 is 23.9 Å². The second-order valence-corrected chi connectivity index (χ2v) is 15.4. The third-order valence-electron chi connectivity index (χ3n) is 9.05. The van der Waals surface area contributed by atoms with E-state index in [0.717, 1.165) is 63.5 Å². The first-order valence-corrected chi connectivity index (χ1v) is 18.0. The fourth-order valence-corrected chi connectivity index (χ4v) is 7.52. The number of hydrogen-bond acceptors (Lipinski definition) is 8. The Morgan fingerprint density at radius 2 is 0.958 bits per heavy atom. The fraction of sp³-hybridized carbons (Fsp3) is 0.529. The first-order chi connectivity index (χ1) is 22.6. The van der Waals surface area contributed by atoms with Crippen molar-refractivity contribution in [3.8, 4) is 11.5 Å². The molecule has 8 nitrogen and oxygen atoms in total. The third kappa shape index (κ3) is 8.85. The number of benzene rings is 2. The van der Waals surface area contributed by atoms with E-state index in [1.54, 1.807) is 0 Å². The van der Waals surface area contributed by atoms with Gasteiger partial charge in [0.05, 0.1) is 43.3 Å². The van der Waals surface area contributed by atoms with Gasteiger partial charge in [-0.15, -0.1) is 0 Å². The van der Waals surface area contributed by atoms with E-state index in [0.29, 0.717) is 11.8 Å². The number of hydrogen-bond donors (Lipinski definition) is 0. The van der Waals surface area contributed by atoms with Gasteiger partial charge in [0.1, 0.15) is 11.1 Å². The molecule has 0 saturated heterocycles. The molecule has 4 rings (SSSR count). The van der Waals surface area contributed by atoms with Crippen LogP contribution in [0.3, 0.4) is 0 Å². The molecule has 48 heavy (non-hydrogen) atoms. The van der Waals surface area contributed by atoms with Gasteiger partial charge in [-0.3, -0.25) is 0 Å². The minimum absolute atomic E-state index is 0.0766. The summed E-state index contributed by atoms with van der Waals surface area (Å²) < 4.78 is 21.8. The van der Waals surface area contributed by atoms with E-state index in [4.69, 9.17) is 88.6 Å². The van der Waals surface area contributed by atoms with Crippen LogP contribution in [0.25, 0.3) is 0 Å². The molecule has 2 saturated carbocycles. The number of esters is 4. The van der Waals surface area contributed by atoms with E-state index >= 15 is 0 Å². The van der Waals surface area contributed by atoms with E-state index in [1.165, 1.54) is 0 Å². The molecule has 14 heteroatoms. The van der Waals surface area contributed by atoms with Crippen LogP contribution in [-0.4, -0.2) is 37.1 Å². The van der Waals surface area contributed by atoms with Crippen molar-refractivity contribution in [2.75, 3.05) is 13.2 Å². The minimum Gasteiger partial charge on any atom is -0.461 e. The molecule has 2 aliphatic carbocycles. The van der Waals surface area contributed by atoms with Crippen LogP contribution in [-0.2, 0) is 19.1 Å². The zero-order chi connectivity index (χ0) is 35.6. The van der Waals surface area contributed by atoms with Crippen molar-refractivity contribution in [3.05, 3.63) is 53.4 Å². The predicted molar refractivity (Wildman–Crippen MR) is 186 cm³/mol. The summed E-state index contributed by atoms with van der Waals surface area (Å²) in [4.78, 5) is 52.9. The van der Waals surface area contributed by atoms with Gasteiger partial charge in [0.2, 0.25) is 0 Å². The molecule has 262 valence electrons. The van der Waals surface area contributed by atoms with Crippen molar-refractivity contribution in [2.24, 2.45) is 22.7 Å². The van der Waals surface area contributed by atoms with E-state index in [9.17, 15) is 19.2 Å². The van der Waals surface area contributed by atoms with Gasteiger partial charge in [0.25, 0.3) is 0 Å². The van der Waals surface area contributed by atoms with Crippen LogP contribution >= 0.6 is 69.6 Å². The second kappa shape index (κ2) is 15.9. The Bertz CT molecular complexity index is 1490. The molecule has 2 aliphatic rings. The maximum Gasteiger partial charge on any atom is 0.423 e. The monoisotopic (exact) mass is 782 g/mol. The smallest absolute Gasteiger partial charge is 0.423 e. The lowest BCUT2D eigenvalue weighted by Crippen LogP contribution is -2.29. The standard InChI is InChI=1S/C34H36Cl6O8/c1-5-11-33(3,17-7-8-17)15-45-29(41)23-25(39)19(35)13-21(37)27(23)47-31(43)32(44)48-28-22(38)14-20(36)26(40)24(28)30(42)46-16-34(4,12-6-2)18-9-10-18/h13-14,17-18H,5-12,15-16H2,1-4H3. The zero-order valence-electron chi connectivity index (χ0n) is 26.9. The summed E-state index contributed by atoms with van der Waals surface area (Å²) in [6.07, 6.45) is 7.56. The van der Waals surface area contributed by atoms with Gasteiger partial charge in [-0.2, -0.15) is 0 Å². The van der Waals surface area contributed by atoms with Gasteiger partial charge in [-0.05, 0) is 62.5 Å². The molecule has 0 radical (unpaired) electrons. The number of carbonyl (C=O) groups excluding carboxylic acids is 4. The van der Waals surface area contributed by atoms with Crippen LogP contribution in [0.5, 0.6) is 11.5 Å². The predicted octanol–water partition coefficient (Wildman–Crippen LogP) is 10.9. The highest BCUT2D eigenvalue weighted by atomic mass is 35.5. The van der Waals surface area contributed by atoms with Gasteiger partial charge in [0.15, 0.2) is 11.5 Å². The van der Waals surface area contributed by atoms with Crippen molar-refractivity contribution < 1.29 is 38.1 Å². The highest BCUT2D eigenvalue weighted by Crippen LogP contribution is 2.50. The van der Waals surface area contributed by atoms with Crippen LogP contribution in [0.1, 0.15) is 99.8 Å². The van der Waals surface area contributed by atoms with Crippen LogP contribution in [0.15, 0.2) is 12.1 Å². The van der Waals surface area contributed by atoms with Gasteiger partial charge in [-0.25, -0.2) is 19.2 Å². The van der Waals surface area contributed by atoms with E-state index in [1.807, 2.05) is 27.7 Å². The fourth-order valence-electron chi connectivity index (χ4n) is 6.09. The zero-order valence-corrected chi connectivity index (χ0v) is 31.4. The molecule has 0 spiro atoms. The normalized spacial score (nSPS) is 16.8.